The van der Waals surface area contributed by atoms with Gasteiger partial charge in [0.05, 0.1) is 12.2 Å². The Labute approximate surface area is 140 Å². The zero-order chi connectivity index (χ0) is 16.8. The molecule has 1 N–H and O–H groups in total. The summed E-state index contributed by atoms with van der Waals surface area (Å²) in [6, 6.07) is 11.1. The molecular formula is C17H18N6O. The topological polar surface area (TPSA) is 75.9 Å². The molecular weight excluding hydrogens is 304 g/mol. The van der Waals surface area contributed by atoms with Gasteiger partial charge >= 0.3 is 6.03 Å². The van der Waals surface area contributed by atoms with Crippen molar-refractivity contribution in [3.8, 4) is 5.82 Å². The standard InChI is InChI=1S/C17H18N6O/c1-22(13-15-5-2-3-7-18-15)17(24)20-12-14-6-9-19-16(11-14)23-10-4-8-21-23/h2-11H,12-13H2,1H3,(H,20,24). The average Bonchev–Trinajstić information content (AvgIpc) is 3.15. The molecule has 0 fully saturated rings. The lowest BCUT2D eigenvalue weighted by atomic mass is 10.2. The molecule has 7 nitrogen and oxygen atoms in total. The highest BCUT2D eigenvalue weighted by atomic mass is 16.2. The third-order valence-electron chi connectivity index (χ3n) is 3.46. The van der Waals surface area contributed by atoms with E-state index >= 15 is 0 Å². The van der Waals surface area contributed by atoms with E-state index in [1.54, 1.807) is 35.2 Å². The van der Waals surface area contributed by atoms with Crippen molar-refractivity contribution in [2.24, 2.45) is 0 Å². The predicted molar refractivity (Wildman–Crippen MR) is 89.3 cm³/mol. The van der Waals surface area contributed by atoms with Gasteiger partial charge in [0.15, 0.2) is 5.82 Å². The van der Waals surface area contributed by atoms with Crippen LogP contribution in [0.5, 0.6) is 0 Å². The minimum absolute atomic E-state index is 0.155. The summed E-state index contributed by atoms with van der Waals surface area (Å²) in [6.07, 6.45) is 6.94. The average molecular weight is 322 g/mol. The minimum Gasteiger partial charge on any atom is -0.334 e. The molecule has 3 heterocycles. The number of pyridine rings is 2. The fourth-order valence-corrected chi connectivity index (χ4v) is 2.22. The molecule has 0 aromatic carbocycles. The van der Waals surface area contributed by atoms with E-state index in [4.69, 9.17) is 0 Å². The van der Waals surface area contributed by atoms with Gasteiger partial charge in [-0.15, -0.1) is 0 Å². The van der Waals surface area contributed by atoms with Crippen LogP contribution in [0.25, 0.3) is 5.82 Å². The molecule has 0 spiro atoms. The van der Waals surface area contributed by atoms with Gasteiger partial charge in [0.2, 0.25) is 0 Å². The van der Waals surface area contributed by atoms with Gasteiger partial charge in [-0.3, -0.25) is 4.98 Å². The summed E-state index contributed by atoms with van der Waals surface area (Å²) in [6.45, 7) is 0.879. The van der Waals surface area contributed by atoms with Crippen molar-refractivity contribution in [3.05, 3.63) is 72.4 Å². The maximum atomic E-state index is 12.2. The monoisotopic (exact) mass is 322 g/mol. The molecule has 2 amide bonds. The van der Waals surface area contributed by atoms with Gasteiger partial charge in [-0.2, -0.15) is 5.10 Å². The molecule has 24 heavy (non-hydrogen) atoms. The first kappa shape index (κ1) is 15.7. The largest absolute Gasteiger partial charge is 0.334 e. The number of urea groups is 1. The second-order valence-electron chi connectivity index (χ2n) is 5.31. The Kier molecular flexibility index (Phi) is 4.81. The van der Waals surface area contributed by atoms with Crippen molar-refractivity contribution in [2.45, 2.75) is 13.1 Å². The second-order valence-corrected chi connectivity index (χ2v) is 5.31. The normalized spacial score (nSPS) is 10.4. The van der Waals surface area contributed by atoms with E-state index in [0.717, 1.165) is 11.3 Å². The van der Waals surface area contributed by atoms with E-state index in [1.807, 2.05) is 42.6 Å². The molecule has 7 heteroatoms. The SMILES string of the molecule is CN(Cc1ccccn1)C(=O)NCc1ccnc(-n2cccn2)c1. The summed E-state index contributed by atoms with van der Waals surface area (Å²) in [4.78, 5) is 22.3. The first-order valence-corrected chi connectivity index (χ1v) is 7.56. The highest BCUT2D eigenvalue weighted by molar-refractivity contribution is 5.73. The van der Waals surface area contributed by atoms with Crippen molar-refractivity contribution < 1.29 is 4.79 Å². The van der Waals surface area contributed by atoms with Crippen molar-refractivity contribution in [3.63, 3.8) is 0 Å². The summed E-state index contributed by atoms with van der Waals surface area (Å²) in [7, 11) is 1.74. The molecule has 3 aromatic rings. The maximum Gasteiger partial charge on any atom is 0.317 e. The van der Waals surface area contributed by atoms with E-state index in [1.165, 1.54) is 0 Å². The lowest BCUT2D eigenvalue weighted by Crippen LogP contribution is -2.36. The zero-order valence-corrected chi connectivity index (χ0v) is 13.3. The number of nitrogens with zero attached hydrogens (tertiary/aromatic N) is 5. The number of aromatic nitrogens is 4. The fraction of sp³-hybridized carbons (Fsp3) is 0.176. The van der Waals surface area contributed by atoms with Crippen LogP contribution in [0.3, 0.4) is 0 Å². The van der Waals surface area contributed by atoms with Gasteiger partial charge in [-0.1, -0.05) is 6.07 Å². The molecule has 0 unspecified atom stereocenters. The van der Waals surface area contributed by atoms with Gasteiger partial charge in [-0.25, -0.2) is 14.5 Å². The fourth-order valence-electron chi connectivity index (χ4n) is 2.22. The summed E-state index contributed by atoms with van der Waals surface area (Å²) >= 11 is 0. The van der Waals surface area contributed by atoms with Gasteiger partial charge in [0.25, 0.3) is 0 Å². The summed E-state index contributed by atoms with van der Waals surface area (Å²) < 4.78 is 1.68. The molecule has 122 valence electrons. The highest BCUT2D eigenvalue weighted by Crippen LogP contribution is 2.06. The van der Waals surface area contributed by atoms with Crippen LogP contribution in [0.1, 0.15) is 11.3 Å². The number of hydrogen-bond acceptors (Lipinski definition) is 4. The first-order chi connectivity index (χ1) is 11.7. The molecule has 0 radical (unpaired) electrons. The number of carbonyl (C=O) groups is 1. The minimum atomic E-state index is -0.155. The third kappa shape index (κ3) is 3.95. The summed E-state index contributed by atoms with van der Waals surface area (Å²) in [5.74, 6) is 0.716. The smallest absolute Gasteiger partial charge is 0.317 e. The van der Waals surface area contributed by atoms with E-state index < -0.39 is 0 Å². The molecule has 3 rings (SSSR count). The number of rotatable bonds is 5. The van der Waals surface area contributed by atoms with Crippen molar-refractivity contribution >= 4 is 6.03 Å². The Morgan fingerprint density at radius 1 is 1.17 bits per heavy atom. The Bertz CT molecular complexity index is 788. The summed E-state index contributed by atoms with van der Waals surface area (Å²) in [5.41, 5.74) is 1.80. The molecule has 0 bridgehead atoms. The molecule has 0 saturated carbocycles. The number of hydrogen-bond donors (Lipinski definition) is 1. The van der Waals surface area contributed by atoms with Crippen LogP contribution in [0.2, 0.25) is 0 Å². The first-order valence-electron chi connectivity index (χ1n) is 7.56. The second kappa shape index (κ2) is 7.36. The number of amides is 2. The van der Waals surface area contributed by atoms with Crippen LogP contribution < -0.4 is 5.32 Å². The Morgan fingerprint density at radius 2 is 2.08 bits per heavy atom. The van der Waals surface area contributed by atoms with E-state index in [2.05, 4.69) is 20.4 Å². The third-order valence-corrected chi connectivity index (χ3v) is 3.46. The zero-order valence-electron chi connectivity index (χ0n) is 13.3. The predicted octanol–water partition coefficient (Wildman–Crippen LogP) is 2.00. The molecule has 0 saturated heterocycles. The lowest BCUT2D eigenvalue weighted by molar-refractivity contribution is 0.206. The van der Waals surface area contributed by atoms with Crippen LogP contribution >= 0.6 is 0 Å². The van der Waals surface area contributed by atoms with Crippen LogP contribution in [-0.2, 0) is 13.1 Å². The van der Waals surface area contributed by atoms with Gasteiger partial charge < -0.3 is 10.2 Å². The van der Waals surface area contributed by atoms with E-state index in [0.29, 0.717) is 18.9 Å². The van der Waals surface area contributed by atoms with Crippen LogP contribution in [0, 0.1) is 0 Å². The van der Waals surface area contributed by atoms with Crippen molar-refractivity contribution in [2.75, 3.05) is 7.05 Å². The molecule has 0 aliphatic rings. The summed E-state index contributed by atoms with van der Waals surface area (Å²) in [5, 5.41) is 7.04. The number of carbonyl (C=O) groups excluding carboxylic acids is 1. The quantitative estimate of drug-likeness (QED) is 0.779. The number of nitrogens with one attached hydrogen (secondary N) is 1. The van der Waals surface area contributed by atoms with E-state index in [-0.39, 0.29) is 6.03 Å². The molecule has 0 aliphatic carbocycles. The molecule has 3 aromatic heterocycles. The van der Waals surface area contributed by atoms with Crippen molar-refractivity contribution in [1.29, 1.82) is 0 Å². The molecule has 0 aliphatic heterocycles. The Hall–Kier alpha value is -3.22. The van der Waals surface area contributed by atoms with Crippen LogP contribution in [0.4, 0.5) is 4.79 Å². The molecule has 0 atom stereocenters. The van der Waals surface area contributed by atoms with Gasteiger partial charge in [0, 0.05) is 38.4 Å². The van der Waals surface area contributed by atoms with Crippen LogP contribution in [-0.4, -0.2) is 37.7 Å². The van der Waals surface area contributed by atoms with Gasteiger partial charge in [-0.05, 0) is 35.9 Å². The lowest BCUT2D eigenvalue weighted by Gasteiger charge is -2.17. The van der Waals surface area contributed by atoms with E-state index in [9.17, 15) is 4.79 Å². The van der Waals surface area contributed by atoms with Gasteiger partial charge in [0.1, 0.15) is 0 Å². The Morgan fingerprint density at radius 3 is 2.83 bits per heavy atom. The van der Waals surface area contributed by atoms with Crippen LogP contribution in [0.15, 0.2) is 61.2 Å². The maximum absolute atomic E-state index is 12.2. The van der Waals surface area contributed by atoms with Crippen molar-refractivity contribution in [1.82, 2.24) is 30.0 Å². The Balaban J connectivity index is 1.57. The highest BCUT2D eigenvalue weighted by Gasteiger charge is 2.09.